The van der Waals surface area contributed by atoms with Gasteiger partial charge in [0.15, 0.2) is 0 Å². The topological polar surface area (TPSA) is 73.9 Å². The summed E-state index contributed by atoms with van der Waals surface area (Å²) in [5, 5.41) is 0. The van der Waals surface area contributed by atoms with Gasteiger partial charge in [0.1, 0.15) is 17.2 Å². The maximum atomic E-state index is 12.6. The standard InChI is InChI=1S/C18H23NO5S/c1-5-24-16-10-9-14(11-13(16)2)25(20,21)19-12-15-17(22-3)7-6-8-18(15)23-4/h6-11,19H,5,12H2,1-4H3. The highest BCUT2D eigenvalue weighted by Gasteiger charge is 2.18. The van der Waals surface area contributed by atoms with Gasteiger partial charge in [0.25, 0.3) is 0 Å². The number of ether oxygens (including phenoxy) is 3. The molecule has 0 unspecified atom stereocenters. The van der Waals surface area contributed by atoms with Crippen molar-refractivity contribution < 1.29 is 22.6 Å². The van der Waals surface area contributed by atoms with Gasteiger partial charge in [-0.05, 0) is 49.7 Å². The Balaban J connectivity index is 2.24. The predicted octanol–water partition coefficient (Wildman–Crippen LogP) is 2.89. The molecular weight excluding hydrogens is 342 g/mol. The number of aryl methyl sites for hydroxylation is 1. The van der Waals surface area contributed by atoms with Crippen LogP contribution in [-0.4, -0.2) is 29.2 Å². The molecule has 0 heterocycles. The summed E-state index contributed by atoms with van der Waals surface area (Å²) in [4.78, 5) is 0.183. The molecule has 0 aliphatic heterocycles. The van der Waals surface area contributed by atoms with Crippen molar-refractivity contribution in [1.29, 1.82) is 0 Å². The molecule has 1 N–H and O–H groups in total. The zero-order chi connectivity index (χ0) is 18.4. The lowest BCUT2D eigenvalue weighted by Crippen LogP contribution is -2.24. The molecule has 2 rings (SSSR count). The van der Waals surface area contributed by atoms with Gasteiger partial charge in [-0.25, -0.2) is 13.1 Å². The summed E-state index contributed by atoms with van der Waals surface area (Å²) in [6.07, 6.45) is 0. The van der Waals surface area contributed by atoms with Crippen LogP contribution in [0.1, 0.15) is 18.1 Å². The van der Waals surface area contributed by atoms with E-state index in [0.717, 1.165) is 5.56 Å². The van der Waals surface area contributed by atoms with Crippen molar-refractivity contribution in [2.45, 2.75) is 25.3 Å². The molecule has 25 heavy (non-hydrogen) atoms. The van der Waals surface area contributed by atoms with Crippen molar-refractivity contribution in [3.05, 3.63) is 47.5 Å². The Bertz CT molecular complexity index is 811. The average Bonchev–Trinajstić information content (AvgIpc) is 2.61. The third-order valence-electron chi connectivity index (χ3n) is 3.73. The fourth-order valence-electron chi connectivity index (χ4n) is 2.46. The first-order chi connectivity index (χ1) is 11.9. The van der Waals surface area contributed by atoms with Gasteiger partial charge >= 0.3 is 0 Å². The van der Waals surface area contributed by atoms with Gasteiger partial charge in [-0.2, -0.15) is 0 Å². The molecule has 0 amide bonds. The largest absolute Gasteiger partial charge is 0.496 e. The Labute approximate surface area is 148 Å². The minimum Gasteiger partial charge on any atom is -0.496 e. The zero-order valence-corrected chi connectivity index (χ0v) is 15.6. The van der Waals surface area contributed by atoms with Crippen LogP contribution in [0.4, 0.5) is 0 Å². The highest BCUT2D eigenvalue weighted by Crippen LogP contribution is 2.28. The van der Waals surface area contributed by atoms with Crippen molar-refractivity contribution in [2.75, 3.05) is 20.8 Å². The molecule has 0 aromatic heterocycles. The van der Waals surface area contributed by atoms with Gasteiger partial charge in [0, 0.05) is 6.54 Å². The highest BCUT2D eigenvalue weighted by atomic mass is 32.2. The third kappa shape index (κ3) is 4.43. The molecule has 0 atom stereocenters. The summed E-state index contributed by atoms with van der Waals surface area (Å²) in [6, 6.07) is 10.1. The third-order valence-corrected chi connectivity index (χ3v) is 5.12. The second-order valence-corrected chi connectivity index (χ2v) is 7.09. The lowest BCUT2D eigenvalue weighted by atomic mass is 10.2. The second-order valence-electron chi connectivity index (χ2n) is 5.33. The van der Waals surface area contributed by atoms with E-state index in [4.69, 9.17) is 14.2 Å². The van der Waals surface area contributed by atoms with Crippen LogP contribution in [0.25, 0.3) is 0 Å². The quantitative estimate of drug-likeness (QED) is 0.779. The van der Waals surface area contributed by atoms with Crippen LogP contribution in [-0.2, 0) is 16.6 Å². The van der Waals surface area contributed by atoms with Crippen LogP contribution < -0.4 is 18.9 Å². The molecule has 2 aromatic rings. The molecule has 0 aliphatic carbocycles. The van der Waals surface area contributed by atoms with E-state index in [2.05, 4.69) is 4.72 Å². The van der Waals surface area contributed by atoms with Crippen LogP contribution in [0.5, 0.6) is 17.2 Å². The summed E-state index contributed by atoms with van der Waals surface area (Å²) < 4.78 is 43.8. The first kappa shape index (κ1) is 19.1. The van der Waals surface area contributed by atoms with Crippen LogP contribution in [0.3, 0.4) is 0 Å². The maximum Gasteiger partial charge on any atom is 0.240 e. The summed E-state index contributed by atoms with van der Waals surface area (Å²) in [5.74, 6) is 1.79. The average molecular weight is 365 g/mol. The number of hydrogen-bond acceptors (Lipinski definition) is 5. The molecule has 0 spiro atoms. The van der Waals surface area contributed by atoms with Crippen molar-refractivity contribution in [2.24, 2.45) is 0 Å². The van der Waals surface area contributed by atoms with Gasteiger partial charge < -0.3 is 14.2 Å². The van der Waals surface area contributed by atoms with Gasteiger partial charge in [0.05, 0.1) is 31.3 Å². The van der Waals surface area contributed by atoms with Crippen LogP contribution in [0, 0.1) is 6.92 Å². The summed E-state index contributed by atoms with van der Waals surface area (Å²) >= 11 is 0. The Kier molecular flexibility index (Phi) is 6.27. The minimum atomic E-state index is -3.68. The van der Waals surface area contributed by atoms with E-state index in [9.17, 15) is 8.42 Å². The number of benzene rings is 2. The van der Waals surface area contributed by atoms with E-state index in [-0.39, 0.29) is 11.4 Å². The van der Waals surface area contributed by atoms with E-state index in [1.165, 1.54) is 20.3 Å². The maximum absolute atomic E-state index is 12.6. The van der Waals surface area contributed by atoms with Gasteiger partial charge in [0.2, 0.25) is 10.0 Å². The summed E-state index contributed by atoms with van der Waals surface area (Å²) in [6.45, 7) is 4.28. The van der Waals surface area contributed by atoms with E-state index in [1.54, 1.807) is 30.3 Å². The zero-order valence-electron chi connectivity index (χ0n) is 14.8. The van der Waals surface area contributed by atoms with E-state index in [1.807, 2.05) is 13.8 Å². The molecule has 0 saturated carbocycles. The Morgan fingerprint density at radius 2 is 1.64 bits per heavy atom. The molecule has 0 bridgehead atoms. The fourth-order valence-corrected chi connectivity index (χ4v) is 3.54. The smallest absolute Gasteiger partial charge is 0.240 e. The second kappa shape index (κ2) is 8.22. The molecule has 0 saturated heterocycles. The molecule has 0 radical (unpaired) electrons. The molecule has 2 aromatic carbocycles. The van der Waals surface area contributed by atoms with Gasteiger partial charge in [-0.15, -0.1) is 0 Å². The normalized spacial score (nSPS) is 11.2. The van der Waals surface area contributed by atoms with E-state index < -0.39 is 10.0 Å². The minimum absolute atomic E-state index is 0.0573. The first-order valence-corrected chi connectivity index (χ1v) is 9.34. The highest BCUT2D eigenvalue weighted by molar-refractivity contribution is 7.89. The lowest BCUT2D eigenvalue weighted by Gasteiger charge is -2.14. The first-order valence-electron chi connectivity index (χ1n) is 7.86. The van der Waals surface area contributed by atoms with E-state index >= 15 is 0 Å². The number of sulfonamides is 1. The van der Waals surface area contributed by atoms with E-state index in [0.29, 0.717) is 29.4 Å². The summed E-state index contributed by atoms with van der Waals surface area (Å²) in [5.41, 5.74) is 1.40. The molecule has 0 fully saturated rings. The number of nitrogens with one attached hydrogen (secondary N) is 1. The Morgan fingerprint density at radius 3 is 2.16 bits per heavy atom. The fraction of sp³-hybridized carbons (Fsp3) is 0.333. The predicted molar refractivity (Wildman–Crippen MR) is 95.9 cm³/mol. The molecule has 136 valence electrons. The van der Waals surface area contributed by atoms with Gasteiger partial charge in [-0.1, -0.05) is 6.07 Å². The molecule has 0 aliphatic rings. The van der Waals surface area contributed by atoms with Crippen molar-refractivity contribution in [1.82, 2.24) is 4.72 Å². The van der Waals surface area contributed by atoms with Crippen LogP contribution in [0.2, 0.25) is 0 Å². The molecular formula is C18H23NO5S. The Hall–Kier alpha value is -2.25. The van der Waals surface area contributed by atoms with Crippen molar-refractivity contribution in [3.8, 4) is 17.2 Å². The summed E-state index contributed by atoms with van der Waals surface area (Å²) in [7, 11) is -0.619. The monoisotopic (exact) mass is 365 g/mol. The number of rotatable bonds is 8. The SMILES string of the molecule is CCOc1ccc(S(=O)(=O)NCc2c(OC)cccc2OC)cc1C. The molecule has 7 heteroatoms. The van der Waals surface area contributed by atoms with Gasteiger partial charge in [-0.3, -0.25) is 0 Å². The van der Waals surface area contributed by atoms with Crippen molar-refractivity contribution >= 4 is 10.0 Å². The Morgan fingerprint density at radius 1 is 1.00 bits per heavy atom. The van der Waals surface area contributed by atoms with Crippen LogP contribution >= 0.6 is 0 Å². The number of hydrogen-bond donors (Lipinski definition) is 1. The van der Waals surface area contributed by atoms with Crippen LogP contribution in [0.15, 0.2) is 41.3 Å². The molecule has 6 nitrogen and oxygen atoms in total. The van der Waals surface area contributed by atoms with Crippen molar-refractivity contribution in [3.63, 3.8) is 0 Å². The number of methoxy groups -OCH3 is 2. The lowest BCUT2D eigenvalue weighted by molar-refractivity contribution is 0.337.